The number of hydrogen-bond acceptors (Lipinski definition) is 6. The Hall–Kier alpha value is -3.06. The molecule has 0 saturated heterocycles. The lowest BCUT2D eigenvalue weighted by atomic mass is 10.1. The van der Waals surface area contributed by atoms with Gasteiger partial charge in [-0.25, -0.2) is 17.7 Å². The molecule has 0 N–H and O–H groups in total. The van der Waals surface area contributed by atoms with Crippen molar-refractivity contribution in [1.29, 1.82) is 0 Å². The van der Waals surface area contributed by atoms with Gasteiger partial charge in [0, 0.05) is 13.3 Å². The molecule has 202 valence electrons. The van der Waals surface area contributed by atoms with Crippen LogP contribution in [-0.4, -0.2) is 45.8 Å². The molecule has 1 aliphatic rings. The molecule has 1 amide bonds. The van der Waals surface area contributed by atoms with E-state index in [1.807, 2.05) is 0 Å². The van der Waals surface area contributed by atoms with Gasteiger partial charge in [0.05, 0.1) is 32.2 Å². The second kappa shape index (κ2) is 10.6. The number of pyridine rings is 1. The first-order chi connectivity index (χ1) is 17.9. The lowest BCUT2D eigenvalue weighted by molar-refractivity contribution is -0.137. The number of hydrogen-bond donors (Lipinski definition) is 0. The minimum absolute atomic E-state index is 0.131. The van der Waals surface area contributed by atoms with E-state index in [2.05, 4.69) is 4.98 Å². The molecule has 1 atom stereocenters. The van der Waals surface area contributed by atoms with Crippen LogP contribution in [0.3, 0.4) is 0 Å². The molecule has 0 saturated carbocycles. The molecule has 8 nitrogen and oxygen atoms in total. The number of aromatic nitrogens is 1. The van der Waals surface area contributed by atoms with Gasteiger partial charge in [-0.05, 0) is 49.4 Å². The Balaban J connectivity index is 1.84. The van der Waals surface area contributed by atoms with Crippen LogP contribution in [0.15, 0.2) is 59.6 Å². The number of carbonyl (C=O) groups excluding carboxylic acids is 1. The van der Waals surface area contributed by atoms with E-state index >= 15 is 0 Å². The number of nitrogens with zero attached hydrogens (tertiary/aromatic N) is 3. The summed E-state index contributed by atoms with van der Waals surface area (Å²) < 4.78 is 79.0. The van der Waals surface area contributed by atoms with Gasteiger partial charge in [-0.1, -0.05) is 29.3 Å². The number of carbonyl (C=O) groups is 1. The number of benzene rings is 2. The fraction of sp³-hybridized carbons (Fsp3) is 0.250. The van der Waals surface area contributed by atoms with E-state index in [9.17, 15) is 26.4 Å². The smallest absolute Gasteiger partial charge is 0.417 e. The van der Waals surface area contributed by atoms with Crippen LogP contribution < -0.4 is 13.9 Å². The average Bonchev–Trinajstić information content (AvgIpc) is 2.86. The highest BCUT2D eigenvalue weighted by Gasteiger charge is 2.38. The summed E-state index contributed by atoms with van der Waals surface area (Å²) in [4.78, 5) is 18.6. The number of sulfonamides is 1. The first-order valence-electron chi connectivity index (χ1n) is 11.0. The van der Waals surface area contributed by atoms with Crippen molar-refractivity contribution in [3.8, 4) is 5.75 Å². The van der Waals surface area contributed by atoms with E-state index in [4.69, 9.17) is 32.7 Å². The number of anilines is 2. The zero-order valence-corrected chi connectivity index (χ0v) is 22.2. The summed E-state index contributed by atoms with van der Waals surface area (Å²) >= 11 is 12.1. The van der Waals surface area contributed by atoms with E-state index in [1.165, 1.54) is 30.3 Å². The highest BCUT2D eigenvalue weighted by atomic mass is 35.5. The zero-order valence-electron chi connectivity index (χ0n) is 19.9. The summed E-state index contributed by atoms with van der Waals surface area (Å²) in [7, 11) is -3.50. The standard InChI is InChI=1S/C24H20Cl2F3N3O5S/c1-14-12-37-20-7-3-5-18(26)22(20)32(14)23(33)21-19(6-4-10-30-21)31(13-36-2)38(34,35)15-8-9-17(25)16(11-15)24(27,28)29/h3-11,14H,12-13H2,1-2H3. The SMILES string of the molecule is COCN(c1cccnc1C(=O)N1c2c(Cl)cccc2OCC1C)S(=O)(=O)c1ccc(Cl)c(C(F)(F)F)c1. The number of ether oxygens (including phenoxy) is 2. The number of methoxy groups -OCH3 is 1. The van der Waals surface area contributed by atoms with Gasteiger partial charge in [0.2, 0.25) is 0 Å². The van der Waals surface area contributed by atoms with Crippen molar-refractivity contribution in [1.82, 2.24) is 4.98 Å². The number of para-hydroxylation sites is 1. The second-order valence-electron chi connectivity index (χ2n) is 8.20. The van der Waals surface area contributed by atoms with Crippen molar-refractivity contribution >= 4 is 50.5 Å². The first kappa shape index (κ1) is 28.0. The Labute approximate surface area is 226 Å². The maximum absolute atomic E-state index is 13.9. The fourth-order valence-corrected chi connectivity index (χ4v) is 5.82. The summed E-state index contributed by atoms with van der Waals surface area (Å²) in [5.41, 5.74) is -1.55. The van der Waals surface area contributed by atoms with Crippen LogP contribution in [0.2, 0.25) is 10.0 Å². The van der Waals surface area contributed by atoms with Crippen LogP contribution in [0.25, 0.3) is 0 Å². The van der Waals surface area contributed by atoms with Gasteiger partial charge in [0.1, 0.15) is 24.8 Å². The van der Waals surface area contributed by atoms with Gasteiger partial charge in [-0.15, -0.1) is 0 Å². The van der Waals surface area contributed by atoms with Gasteiger partial charge in [-0.2, -0.15) is 13.2 Å². The highest BCUT2D eigenvalue weighted by molar-refractivity contribution is 7.92. The third kappa shape index (κ3) is 5.13. The van der Waals surface area contributed by atoms with Crippen LogP contribution in [-0.2, 0) is 20.9 Å². The molecule has 1 unspecified atom stereocenters. The third-order valence-corrected chi connectivity index (χ3v) is 8.03. The maximum atomic E-state index is 13.9. The number of alkyl halides is 3. The third-order valence-electron chi connectivity index (χ3n) is 5.67. The highest BCUT2D eigenvalue weighted by Crippen LogP contribution is 2.42. The van der Waals surface area contributed by atoms with E-state index in [0.29, 0.717) is 16.1 Å². The van der Waals surface area contributed by atoms with Crippen molar-refractivity contribution in [2.24, 2.45) is 0 Å². The normalized spacial score (nSPS) is 15.6. The van der Waals surface area contributed by atoms with Gasteiger partial charge in [0.25, 0.3) is 15.9 Å². The molecule has 1 aliphatic heterocycles. The Bertz CT molecular complexity index is 1490. The summed E-state index contributed by atoms with van der Waals surface area (Å²) in [6.07, 6.45) is -3.61. The van der Waals surface area contributed by atoms with Crippen molar-refractivity contribution in [3.05, 3.63) is 76.0 Å². The summed E-state index contributed by atoms with van der Waals surface area (Å²) in [5.74, 6) is -0.349. The van der Waals surface area contributed by atoms with Crippen molar-refractivity contribution in [2.75, 3.05) is 29.7 Å². The van der Waals surface area contributed by atoms with Crippen LogP contribution in [0.5, 0.6) is 5.75 Å². The Kier molecular flexibility index (Phi) is 7.80. The molecule has 4 rings (SSSR count). The molecule has 38 heavy (non-hydrogen) atoms. The molecule has 1 aromatic heterocycles. The lowest BCUT2D eigenvalue weighted by Crippen LogP contribution is -2.46. The van der Waals surface area contributed by atoms with Gasteiger partial charge in [0.15, 0.2) is 5.69 Å². The maximum Gasteiger partial charge on any atom is 0.417 e. The van der Waals surface area contributed by atoms with Crippen LogP contribution in [0.4, 0.5) is 24.5 Å². The monoisotopic (exact) mass is 589 g/mol. The fourth-order valence-electron chi connectivity index (χ4n) is 3.92. The van der Waals surface area contributed by atoms with Crippen molar-refractivity contribution in [2.45, 2.75) is 24.0 Å². The van der Waals surface area contributed by atoms with E-state index in [1.54, 1.807) is 25.1 Å². The Morgan fingerprint density at radius 1 is 1.18 bits per heavy atom. The number of fused-ring (bicyclic) bond motifs is 1. The minimum Gasteiger partial charge on any atom is -0.489 e. The van der Waals surface area contributed by atoms with E-state index in [-0.39, 0.29) is 28.7 Å². The molecular weight excluding hydrogens is 570 g/mol. The van der Waals surface area contributed by atoms with Crippen LogP contribution in [0, 0.1) is 0 Å². The number of halogens is 5. The minimum atomic E-state index is -4.90. The lowest BCUT2D eigenvalue weighted by Gasteiger charge is -2.36. The molecule has 0 aliphatic carbocycles. The molecule has 0 fully saturated rings. The molecule has 2 aromatic carbocycles. The predicted octanol–water partition coefficient (Wildman–Crippen LogP) is 5.63. The zero-order chi connectivity index (χ0) is 27.8. The molecule has 0 spiro atoms. The summed E-state index contributed by atoms with van der Waals surface area (Å²) in [6, 6.07) is 9.24. The summed E-state index contributed by atoms with van der Waals surface area (Å²) in [5, 5.41) is -0.439. The number of rotatable bonds is 6. The largest absolute Gasteiger partial charge is 0.489 e. The van der Waals surface area contributed by atoms with Gasteiger partial charge in [-0.3, -0.25) is 9.69 Å². The van der Waals surface area contributed by atoms with Crippen molar-refractivity contribution < 1.29 is 35.9 Å². The quantitative estimate of drug-likeness (QED) is 0.346. The molecule has 3 aromatic rings. The Morgan fingerprint density at radius 2 is 1.92 bits per heavy atom. The second-order valence-corrected chi connectivity index (χ2v) is 10.9. The van der Waals surface area contributed by atoms with Gasteiger partial charge >= 0.3 is 6.18 Å². The molecular formula is C24H20Cl2F3N3O5S. The van der Waals surface area contributed by atoms with E-state index in [0.717, 1.165) is 12.1 Å². The van der Waals surface area contributed by atoms with Gasteiger partial charge < -0.3 is 9.47 Å². The Morgan fingerprint density at radius 3 is 2.61 bits per heavy atom. The number of amides is 1. The topological polar surface area (TPSA) is 89.0 Å². The molecule has 0 radical (unpaired) electrons. The van der Waals surface area contributed by atoms with Crippen molar-refractivity contribution in [3.63, 3.8) is 0 Å². The summed E-state index contributed by atoms with van der Waals surface area (Å²) in [6.45, 7) is 1.21. The van der Waals surface area contributed by atoms with E-state index < -0.39 is 50.4 Å². The molecule has 14 heteroatoms. The molecule has 0 bridgehead atoms. The predicted molar refractivity (Wildman–Crippen MR) is 135 cm³/mol. The first-order valence-corrected chi connectivity index (χ1v) is 13.2. The average molecular weight is 590 g/mol. The van der Waals surface area contributed by atoms with Crippen LogP contribution >= 0.6 is 23.2 Å². The molecule has 2 heterocycles. The van der Waals surface area contributed by atoms with Crippen LogP contribution in [0.1, 0.15) is 23.0 Å².